The number of aromatic amines is 1. The highest BCUT2D eigenvalue weighted by Crippen LogP contribution is 2.22. The summed E-state index contributed by atoms with van der Waals surface area (Å²) < 4.78 is 2.75. The smallest absolute Gasteiger partial charge is 0.319 e. The van der Waals surface area contributed by atoms with Crippen LogP contribution in [0.15, 0.2) is 64.3 Å². The lowest BCUT2D eigenvalue weighted by molar-refractivity contribution is 0.102. The zero-order chi connectivity index (χ0) is 20.5. The van der Waals surface area contributed by atoms with Gasteiger partial charge in [-0.2, -0.15) is 5.10 Å². The first kappa shape index (κ1) is 18.4. The number of fused-ring (bicyclic) bond motifs is 1. The molecule has 0 saturated carbocycles. The lowest BCUT2D eigenvalue weighted by atomic mass is 10.1. The molecule has 8 nitrogen and oxygen atoms in total. The minimum absolute atomic E-state index is 0.148. The lowest BCUT2D eigenvalue weighted by Gasteiger charge is -2.14. The Labute approximate surface area is 165 Å². The van der Waals surface area contributed by atoms with Crippen LogP contribution in [0.1, 0.15) is 23.1 Å². The number of imidazole rings is 1. The normalized spacial score (nSPS) is 11.0. The van der Waals surface area contributed by atoms with Gasteiger partial charge >= 0.3 is 5.69 Å². The third-order valence-electron chi connectivity index (χ3n) is 4.74. The number of amides is 1. The Morgan fingerprint density at radius 2 is 1.76 bits per heavy atom. The second-order valence-electron chi connectivity index (χ2n) is 6.56. The van der Waals surface area contributed by atoms with Crippen LogP contribution in [0.3, 0.4) is 0 Å². The van der Waals surface area contributed by atoms with Crippen molar-refractivity contribution in [3.05, 3.63) is 87.0 Å². The summed E-state index contributed by atoms with van der Waals surface area (Å²) >= 11 is 0. The number of hydrogen-bond donors (Lipinski definition) is 2. The molecule has 0 atom stereocenters. The maximum Gasteiger partial charge on any atom is 0.330 e. The molecule has 0 saturated heterocycles. The molecule has 2 aromatic carbocycles. The van der Waals surface area contributed by atoms with Gasteiger partial charge in [0.15, 0.2) is 5.69 Å². The monoisotopic (exact) mass is 389 g/mol. The molecular formula is C21H19N5O3. The second-order valence-corrected chi connectivity index (χ2v) is 6.56. The van der Waals surface area contributed by atoms with Gasteiger partial charge in [0.1, 0.15) is 0 Å². The van der Waals surface area contributed by atoms with Crippen LogP contribution < -0.4 is 16.6 Å². The van der Waals surface area contributed by atoms with Gasteiger partial charge in [0, 0.05) is 23.8 Å². The van der Waals surface area contributed by atoms with Crippen LogP contribution in [0.2, 0.25) is 0 Å². The van der Waals surface area contributed by atoms with Crippen molar-refractivity contribution in [2.45, 2.75) is 20.4 Å². The molecule has 0 bridgehead atoms. The van der Waals surface area contributed by atoms with E-state index in [-0.39, 0.29) is 16.9 Å². The summed E-state index contributed by atoms with van der Waals surface area (Å²) in [5, 5.41) is 8.01. The van der Waals surface area contributed by atoms with Crippen molar-refractivity contribution in [1.82, 2.24) is 19.3 Å². The van der Waals surface area contributed by atoms with Crippen molar-refractivity contribution in [2.75, 3.05) is 5.32 Å². The number of rotatable bonds is 4. The highest BCUT2D eigenvalue weighted by Gasteiger charge is 2.18. The Morgan fingerprint density at radius 3 is 2.45 bits per heavy atom. The van der Waals surface area contributed by atoms with E-state index in [1.54, 1.807) is 68.6 Å². The van der Waals surface area contributed by atoms with Crippen LogP contribution in [0.25, 0.3) is 16.5 Å². The van der Waals surface area contributed by atoms with Crippen molar-refractivity contribution in [1.29, 1.82) is 0 Å². The number of anilines is 1. The number of nitrogens with one attached hydrogen (secondary N) is 2. The number of aryl methyl sites for hydroxylation is 2. The molecule has 2 N–H and O–H groups in total. The van der Waals surface area contributed by atoms with Gasteiger partial charge in [-0.1, -0.05) is 30.3 Å². The van der Waals surface area contributed by atoms with Gasteiger partial charge < -0.3 is 10.3 Å². The quantitative estimate of drug-likeness (QED) is 0.560. The van der Waals surface area contributed by atoms with Gasteiger partial charge in [-0.15, -0.1) is 0 Å². The number of benzene rings is 2. The van der Waals surface area contributed by atoms with Crippen LogP contribution in [-0.2, 0) is 6.54 Å². The van der Waals surface area contributed by atoms with Crippen LogP contribution in [0.5, 0.6) is 0 Å². The molecule has 4 aromatic rings. The van der Waals surface area contributed by atoms with Crippen molar-refractivity contribution >= 4 is 22.4 Å². The summed E-state index contributed by atoms with van der Waals surface area (Å²) in [6.07, 6.45) is 1.60. The molecule has 8 heteroatoms. The second kappa shape index (κ2) is 7.23. The Balaban J connectivity index is 1.82. The Kier molecular flexibility index (Phi) is 4.59. The first-order chi connectivity index (χ1) is 14.0. The third-order valence-corrected chi connectivity index (χ3v) is 4.74. The first-order valence-corrected chi connectivity index (χ1v) is 9.19. The molecule has 4 rings (SSSR count). The number of H-pyrrole nitrogens is 1. The summed E-state index contributed by atoms with van der Waals surface area (Å²) in [6, 6.07) is 13.9. The zero-order valence-electron chi connectivity index (χ0n) is 16.0. The van der Waals surface area contributed by atoms with E-state index in [0.29, 0.717) is 34.4 Å². The average molecular weight is 389 g/mol. The number of carbonyl (C=O) groups is 1. The Bertz CT molecular complexity index is 1350. The number of aromatic nitrogens is 4. The molecule has 1 amide bonds. The highest BCUT2D eigenvalue weighted by atomic mass is 16.2. The van der Waals surface area contributed by atoms with Crippen LogP contribution in [0, 0.1) is 6.92 Å². The standard InChI is InChI=1S/C21H19N5O3/c1-3-25-20(28)15-9-5-4-8-14(15)18(24-25)19(27)23-16-10-6-7-11-17(16)26-13(2)12-22-21(26)29/h4-12H,3H2,1-2H3,(H,22,29)(H,23,27). The van der Waals surface area contributed by atoms with E-state index < -0.39 is 5.91 Å². The van der Waals surface area contributed by atoms with Crippen molar-refractivity contribution < 1.29 is 4.79 Å². The highest BCUT2D eigenvalue weighted by molar-refractivity contribution is 6.11. The largest absolute Gasteiger partial charge is 0.330 e. The number of para-hydroxylation sites is 2. The molecule has 29 heavy (non-hydrogen) atoms. The SMILES string of the molecule is CCn1nc(C(=O)Nc2ccccc2-n2c(C)c[nH]c2=O)c2ccccc2c1=O. The third kappa shape index (κ3) is 3.14. The minimum atomic E-state index is -0.461. The Hall–Kier alpha value is -3.94. The van der Waals surface area contributed by atoms with Crippen LogP contribution in [0.4, 0.5) is 5.69 Å². The van der Waals surface area contributed by atoms with E-state index in [9.17, 15) is 14.4 Å². The molecule has 2 heterocycles. The molecule has 0 aliphatic heterocycles. The van der Waals surface area contributed by atoms with Gasteiger partial charge in [-0.05, 0) is 32.0 Å². The van der Waals surface area contributed by atoms with Gasteiger partial charge in [-0.25, -0.2) is 9.48 Å². The van der Waals surface area contributed by atoms with E-state index in [2.05, 4.69) is 15.4 Å². The van der Waals surface area contributed by atoms with E-state index in [1.165, 1.54) is 9.25 Å². The maximum absolute atomic E-state index is 13.1. The fourth-order valence-electron chi connectivity index (χ4n) is 3.33. The molecule has 0 aliphatic carbocycles. The fourth-order valence-corrected chi connectivity index (χ4v) is 3.33. The molecule has 2 aromatic heterocycles. The summed E-state index contributed by atoms with van der Waals surface area (Å²) in [5.41, 5.74) is 1.32. The van der Waals surface area contributed by atoms with Crippen LogP contribution in [-0.4, -0.2) is 25.2 Å². The molecule has 0 spiro atoms. The fraction of sp³-hybridized carbons (Fsp3) is 0.143. The van der Waals surface area contributed by atoms with Crippen LogP contribution >= 0.6 is 0 Å². The topological polar surface area (TPSA) is 102 Å². The summed E-state index contributed by atoms with van der Waals surface area (Å²) in [6.45, 7) is 3.93. The van der Waals surface area contributed by atoms with E-state index >= 15 is 0 Å². The van der Waals surface area contributed by atoms with E-state index in [4.69, 9.17) is 0 Å². The summed E-state index contributed by atoms with van der Waals surface area (Å²) in [7, 11) is 0. The molecule has 0 fully saturated rings. The van der Waals surface area contributed by atoms with Crippen molar-refractivity contribution in [2.24, 2.45) is 0 Å². The molecular weight excluding hydrogens is 370 g/mol. The number of carbonyl (C=O) groups excluding carboxylic acids is 1. The molecule has 0 unspecified atom stereocenters. The summed E-state index contributed by atoms with van der Waals surface area (Å²) in [5.74, 6) is -0.461. The molecule has 146 valence electrons. The first-order valence-electron chi connectivity index (χ1n) is 9.19. The van der Waals surface area contributed by atoms with E-state index in [0.717, 1.165) is 0 Å². The minimum Gasteiger partial charge on any atom is -0.319 e. The average Bonchev–Trinajstić information content (AvgIpc) is 3.07. The van der Waals surface area contributed by atoms with Crippen molar-refractivity contribution in [3.8, 4) is 5.69 Å². The number of nitrogens with zero attached hydrogens (tertiary/aromatic N) is 3. The summed E-state index contributed by atoms with van der Waals surface area (Å²) in [4.78, 5) is 40.4. The van der Waals surface area contributed by atoms with E-state index in [1.807, 2.05) is 0 Å². The van der Waals surface area contributed by atoms with Gasteiger partial charge in [-0.3, -0.25) is 14.2 Å². The van der Waals surface area contributed by atoms with Gasteiger partial charge in [0.2, 0.25) is 0 Å². The maximum atomic E-state index is 13.1. The lowest BCUT2D eigenvalue weighted by Crippen LogP contribution is -2.27. The van der Waals surface area contributed by atoms with Gasteiger partial charge in [0.25, 0.3) is 11.5 Å². The predicted molar refractivity (Wildman–Crippen MR) is 111 cm³/mol. The molecule has 0 radical (unpaired) electrons. The zero-order valence-corrected chi connectivity index (χ0v) is 16.0. The molecule has 0 aliphatic rings. The van der Waals surface area contributed by atoms with Crippen molar-refractivity contribution in [3.63, 3.8) is 0 Å². The Morgan fingerprint density at radius 1 is 1.07 bits per heavy atom. The number of hydrogen-bond acceptors (Lipinski definition) is 4. The van der Waals surface area contributed by atoms with Gasteiger partial charge in [0.05, 0.1) is 16.8 Å². The predicted octanol–water partition coefficient (Wildman–Crippen LogP) is 2.46.